The molecule has 0 saturated carbocycles. The first-order chi connectivity index (χ1) is 13.9. The number of carbonyl (C=O) groups is 1. The zero-order valence-corrected chi connectivity index (χ0v) is 16.7. The molecule has 1 heterocycles. The Balaban J connectivity index is 1.58. The van der Waals surface area contributed by atoms with Gasteiger partial charge in [-0.05, 0) is 22.3 Å². The summed E-state index contributed by atoms with van der Waals surface area (Å²) in [6.45, 7) is 2.54. The molecule has 7 nitrogen and oxygen atoms in total. The number of rotatable bonds is 6. The molecule has 29 heavy (non-hydrogen) atoms. The minimum atomic E-state index is -4.30. The Bertz CT molecular complexity index is 954. The van der Waals surface area contributed by atoms with Gasteiger partial charge < -0.3 is 9.47 Å². The van der Waals surface area contributed by atoms with E-state index >= 15 is 0 Å². The Hall–Kier alpha value is -2.26. The molecule has 1 saturated heterocycles. The van der Waals surface area contributed by atoms with Gasteiger partial charge in [0.05, 0.1) is 13.2 Å². The van der Waals surface area contributed by atoms with E-state index in [1.807, 2.05) is 53.4 Å². The third kappa shape index (κ3) is 4.51. The van der Waals surface area contributed by atoms with E-state index < -0.39 is 33.9 Å². The van der Waals surface area contributed by atoms with Crippen LogP contribution in [0.1, 0.15) is 17.0 Å². The summed E-state index contributed by atoms with van der Waals surface area (Å²) < 4.78 is 43.3. The Morgan fingerprint density at radius 1 is 1.07 bits per heavy atom. The molecule has 0 radical (unpaired) electrons. The fourth-order valence-corrected chi connectivity index (χ4v) is 4.72. The standard InChI is InChI=1S/C21H23NO6S/c23-21(28-15(14-29(24,25)26)13-22-9-11-27-12-10-22)20-18-7-3-1-5-16(18)17-6-2-4-8-19(17)20/h1-8,15,20H,9-14H2,(H,24,25,26). The average molecular weight is 417 g/mol. The Labute approximate surface area is 170 Å². The van der Waals surface area contributed by atoms with Crippen molar-refractivity contribution in [1.82, 2.24) is 4.90 Å². The van der Waals surface area contributed by atoms with Gasteiger partial charge in [0.1, 0.15) is 17.8 Å². The first-order valence-corrected chi connectivity index (χ1v) is 11.2. The Kier molecular flexibility index (Phi) is 5.69. The lowest BCUT2D eigenvalue weighted by Gasteiger charge is -2.30. The average Bonchev–Trinajstić information content (AvgIpc) is 3.02. The van der Waals surface area contributed by atoms with Crippen LogP contribution in [0.15, 0.2) is 48.5 Å². The monoisotopic (exact) mass is 417 g/mol. The molecule has 1 fully saturated rings. The third-order valence-corrected chi connectivity index (χ3v) is 6.11. The number of hydrogen-bond acceptors (Lipinski definition) is 6. The van der Waals surface area contributed by atoms with Crippen molar-refractivity contribution in [3.63, 3.8) is 0 Å². The van der Waals surface area contributed by atoms with Crippen molar-refractivity contribution in [2.75, 3.05) is 38.6 Å². The number of benzene rings is 2. The first-order valence-electron chi connectivity index (χ1n) is 9.56. The van der Waals surface area contributed by atoms with Crippen LogP contribution < -0.4 is 0 Å². The largest absolute Gasteiger partial charge is 0.459 e. The van der Waals surface area contributed by atoms with Gasteiger partial charge in [-0.25, -0.2) is 0 Å². The van der Waals surface area contributed by atoms with E-state index in [9.17, 15) is 17.8 Å². The number of nitrogens with zero attached hydrogens (tertiary/aromatic N) is 1. The Morgan fingerprint density at radius 3 is 2.17 bits per heavy atom. The lowest BCUT2D eigenvalue weighted by atomic mass is 9.97. The highest BCUT2D eigenvalue weighted by Crippen LogP contribution is 2.45. The van der Waals surface area contributed by atoms with E-state index in [0.717, 1.165) is 22.3 Å². The van der Waals surface area contributed by atoms with E-state index in [-0.39, 0.29) is 6.54 Å². The van der Waals surface area contributed by atoms with Gasteiger partial charge in [-0.1, -0.05) is 48.5 Å². The quantitative estimate of drug-likeness (QED) is 0.567. The molecule has 0 amide bonds. The highest BCUT2D eigenvalue weighted by atomic mass is 32.2. The molecule has 1 unspecified atom stereocenters. The molecule has 1 aliphatic heterocycles. The molecular formula is C21H23NO6S. The van der Waals surface area contributed by atoms with E-state index in [2.05, 4.69) is 0 Å². The highest BCUT2D eigenvalue weighted by molar-refractivity contribution is 7.85. The van der Waals surface area contributed by atoms with Crippen LogP contribution in [0.25, 0.3) is 11.1 Å². The van der Waals surface area contributed by atoms with E-state index in [1.54, 1.807) is 0 Å². The molecule has 1 atom stereocenters. The van der Waals surface area contributed by atoms with Crippen LogP contribution in [0.5, 0.6) is 0 Å². The van der Waals surface area contributed by atoms with Crippen LogP contribution in [0, 0.1) is 0 Å². The Morgan fingerprint density at radius 2 is 1.62 bits per heavy atom. The van der Waals surface area contributed by atoms with Crippen molar-refractivity contribution >= 4 is 16.1 Å². The number of hydrogen-bond donors (Lipinski definition) is 1. The van der Waals surface area contributed by atoms with Crippen molar-refractivity contribution in [3.05, 3.63) is 59.7 Å². The fourth-order valence-electron chi connectivity index (χ4n) is 4.07. The third-order valence-electron chi connectivity index (χ3n) is 5.31. The number of morpholine rings is 1. The summed E-state index contributed by atoms with van der Waals surface area (Å²) in [5.74, 6) is -1.76. The second-order valence-electron chi connectivity index (χ2n) is 7.33. The van der Waals surface area contributed by atoms with E-state index in [0.29, 0.717) is 26.3 Å². The number of ether oxygens (including phenoxy) is 2. The topological polar surface area (TPSA) is 93.1 Å². The van der Waals surface area contributed by atoms with Crippen LogP contribution in [0.2, 0.25) is 0 Å². The van der Waals surface area contributed by atoms with Crippen LogP contribution in [0.3, 0.4) is 0 Å². The van der Waals surface area contributed by atoms with Gasteiger partial charge in [0.2, 0.25) is 0 Å². The fraction of sp³-hybridized carbons (Fsp3) is 0.381. The molecule has 2 aliphatic rings. The predicted molar refractivity (Wildman–Crippen MR) is 107 cm³/mol. The molecule has 1 aliphatic carbocycles. The van der Waals surface area contributed by atoms with E-state index in [4.69, 9.17) is 9.47 Å². The first kappa shape index (κ1) is 20.0. The van der Waals surface area contributed by atoms with Crippen molar-refractivity contribution in [2.24, 2.45) is 0 Å². The van der Waals surface area contributed by atoms with Gasteiger partial charge in [0, 0.05) is 19.6 Å². The van der Waals surface area contributed by atoms with Gasteiger partial charge in [0.15, 0.2) is 0 Å². The molecule has 4 rings (SSSR count). The van der Waals surface area contributed by atoms with Gasteiger partial charge in [-0.3, -0.25) is 14.2 Å². The smallest absolute Gasteiger partial charge is 0.318 e. The van der Waals surface area contributed by atoms with E-state index in [1.165, 1.54) is 0 Å². The summed E-state index contributed by atoms with van der Waals surface area (Å²) in [6.07, 6.45) is -0.962. The maximum Gasteiger partial charge on any atom is 0.318 e. The summed E-state index contributed by atoms with van der Waals surface area (Å²) in [5, 5.41) is 0. The maximum absolute atomic E-state index is 13.2. The summed E-state index contributed by atoms with van der Waals surface area (Å²) in [4.78, 5) is 15.1. The zero-order valence-electron chi connectivity index (χ0n) is 15.9. The lowest BCUT2D eigenvalue weighted by Crippen LogP contribution is -2.44. The molecule has 154 valence electrons. The van der Waals surface area contributed by atoms with Crippen LogP contribution in [-0.4, -0.2) is 68.5 Å². The normalized spacial score (nSPS) is 18.1. The summed E-state index contributed by atoms with van der Waals surface area (Å²) >= 11 is 0. The number of esters is 1. The highest BCUT2D eigenvalue weighted by Gasteiger charge is 2.36. The molecule has 0 bridgehead atoms. The molecule has 2 aromatic carbocycles. The van der Waals surface area contributed by atoms with Crippen molar-refractivity contribution < 1.29 is 27.2 Å². The van der Waals surface area contributed by atoms with Crippen molar-refractivity contribution in [1.29, 1.82) is 0 Å². The van der Waals surface area contributed by atoms with Crippen LogP contribution >= 0.6 is 0 Å². The van der Waals surface area contributed by atoms with Crippen molar-refractivity contribution in [2.45, 2.75) is 12.0 Å². The second kappa shape index (κ2) is 8.23. The molecular weight excluding hydrogens is 394 g/mol. The number of carbonyl (C=O) groups excluding carboxylic acids is 1. The predicted octanol–water partition coefficient (Wildman–Crippen LogP) is 1.93. The van der Waals surface area contributed by atoms with Gasteiger partial charge >= 0.3 is 5.97 Å². The zero-order chi connectivity index (χ0) is 20.4. The number of fused-ring (bicyclic) bond motifs is 3. The minimum absolute atomic E-state index is 0.227. The van der Waals surface area contributed by atoms with Gasteiger partial charge in [-0.2, -0.15) is 8.42 Å². The van der Waals surface area contributed by atoms with Gasteiger partial charge in [0.25, 0.3) is 10.1 Å². The molecule has 8 heteroatoms. The molecule has 2 aromatic rings. The van der Waals surface area contributed by atoms with Crippen LogP contribution in [0.4, 0.5) is 0 Å². The lowest BCUT2D eigenvalue weighted by molar-refractivity contribution is -0.150. The maximum atomic E-state index is 13.2. The SMILES string of the molecule is O=C(OC(CN1CCOCC1)CS(=O)(=O)O)C1c2ccccc2-c2ccccc21. The van der Waals surface area contributed by atoms with Crippen LogP contribution in [-0.2, 0) is 24.4 Å². The molecule has 0 spiro atoms. The summed E-state index contributed by atoms with van der Waals surface area (Å²) in [7, 11) is -4.30. The minimum Gasteiger partial charge on any atom is -0.459 e. The summed E-state index contributed by atoms with van der Waals surface area (Å²) in [5.41, 5.74) is 3.64. The summed E-state index contributed by atoms with van der Waals surface area (Å²) in [6, 6.07) is 15.3. The molecule has 1 N–H and O–H groups in total. The second-order valence-corrected chi connectivity index (χ2v) is 8.83. The molecule has 0 aromatic heterocycles. The van der Waals surface area contributed by atoms with Gasteiger partial charge in [-0.15, -0.1) is 0 Å². The van der Waals surface area contributed by atoms with Crippen molar-refractivity contribution in [3.8, 4) is 11.1 Å².